The summed E-state index contributed by atoms with van der Waals surface area (Å²) in [6.07, 6.45) is 2.66. The highest BCUT2D eigenvalue weighted by atomic mass is 32.2. The van der Waals surface area contributed by atoms with Gasteiger partial charge in [-0.25, -0.2) is 13.2 Å². The lowest BCUT2D eigenvalue weighted by Gasteiger charge is -2.25. The average Bonchev–Trinajstić information content (AvgIpc) is 2.90. The number of fused-ring (bicyclic) bond motifs is 1. The van der Waals surface area contributed by atoms with Crippen molar-refractivity contribution in [3.63, 3.8) is 0 Å². The van der Waals surface area contributed by atoms with Gasteiger partial charge in [0, 0.05) is 19.2 Å². The van der Waals surface area contributed by atoms with Crippen LogP contribution in [0.15, 0.2) is 86.9 Å². The van der Waals surface area contributed by atoms with Crippen LogP contribution in [0.4, 0.5) is 0 Å². The molecule has 0 unspecified atom stereocenters. The molecule has 1 aliphatic heterocycles. The van der Waals surface area contributed by atoms with E-state index in [1.807, 2.05) is 30.3 Å². The maximum atomic E-state index is 13.1. The Morgan fingerprint density at radius 3 is 2.42 bits per heavy atom. The van der Waals surface area contributed by atoms with Gasteiger partial charge in [-0.05, 0) is 55.7 Å². The predicted molar refractivity (Wildman–Crippen MR) is 137 cm³/mol. The van der Waals surface area contributed by atoms with Gasteiger partial charge in [0.1, 0.15) is 17.1 Å². The highest BCUT2D eigenvalue weighted by molar-refractivity contribution is 7.89. The molecule has 0 N–H and O–H groups in total. The highest BCUT2D eigenvalue weighted by Crippen LogP contribution is 2.27. The zero-order valence-electron chi connectivity index (χ0n) is 19.8. The van der Waals surface area contributed by atoms with Crippen LogP contribution in [-0.2, 0) is 10.0 Å². The molecule has 1 fully saturated rings. The minimum absolute atomic E-state index is 0.0624. The van der Waals surface area contributed by atoms with Gasteiger partial charge in [0.25, 0.3) is 0 Å². The monoisotopic (exact) mass is 503 g/mol. The number of rotatable bonds is 5. The number of hydrogen-bond donors (Lipinski definition) is 0. The van der Waals surface area contributed by atoms with E-state index in [2.05, 4.69) is 0 Å². The number of carbonyl (C=O) groups is 1. The normalized spacial score (nSPS) is 14.6. The zero-order chi connectivity index (χ0) is 25.3. The number of piperidine rings is 1. The fourth-order valence-corrected chi connectivity index (χ4v) is 6.06. The molecule has 0 atom stereocenters. The Labute approximate surface area is 209 Å². The molecule has 1 aromatic heterocycles. The van der Waals surface area contributed by atoms with Crippen molar-refractivity contribution in [2.24, 2.45) is 0 Å². The van der Waals surface area contributed by atoms with Gasteiger partial charge >= 0.3 is 5.97 Å². The Bertz CT molecular complexity index is 1600. The summed E-state index contributed by atoms with van der Waals surface area (Å²) >= 11 is 0. The van der Waals surface area contributed by atoms with Crippen molar-refractivity contribution in [1.29, 1.82) is 0 Å². The van der Waals surface area contributed by atoms with Crippen LogP contribution in [0.1, 0.15) is 35.4 Å². The van der Waals surface area contributed by atoms with Crippen molar-refractivity contribution < 1.29 is 22.4 Å². The van der Waals surface area contributed by atoms with Gasteiger partial charge in [-0.2, -0.15) is 4.31 Å². The van der Waals surface area contributed by atoms with Gasteiger partial charge in [0.15, 0.2) is 0 Å². The number of nitrogens with zero attached hydrogens (tertiary/aromatic N) is 1. The molecule has 3 aromatic carbocycles. The lowest BCUT2D eigenvalue weighted by atomic mass is 10.0. The minimum Gasteiger partial charge on any atom is -0.460 e. The van der Waals surface area contributed by atoms with Crippen LogP contribution in [0.2, 0.25) is 0 Å². The van der Waals surface area contributed by atoms with Gasteiger partial charge in [-0.3, -0.25) is 4.79 Å². The molecule has 0 bridgehead atoms. The maximum Gasteiger partial charge on any atom is 0.343 e. The number of ether oxygens (including phenoxy) is 1. The second-order valence-corrected chi connectivity index (χ2v) is 10.7. The Kier molecular flexibility index (Phi) is 6.47. The van der Waals surface area contributed by atoms with E-state index in [1.54, 1.807) is 13.0 Å². The summed E-state index contributed by atoms with van der Waals surface area (Å²) in [7, 11) is -3.68. The van der Waals surface area contributed by atoms with E-state index in [-0.39, 0.29) is 21.6 Å². The summed E-state index contributed by atoms with van der Waals surface area (Å²) in [6, 6.07) is 19.7. The van der Waals surface area contributed by atoms with E-state index in [1.165, 1.54) is 40.7 Å². The molecule has 184 valence electrons. The maximum absolute atomic E-state index is 13.1. The Morgan fingerprint density at radius 1 is 0.917 bits per heavy atom. The third-order valence-electron chi connectivity index (χ3n) is 6.34. The summed E-state index contributed by atoms with van der Waals surface area (Å²) < 4.78 is 38.9. The first kappa shape index (κ1) is 24.0. The Morgan fingerprint density at radius 2 is 1.67 bits per heavy atom. The smallest absolute Gasteiger partial charge is 0.343 e. The highest BCUT2D eigenvalue weighted by Gasteiger charge is 2.26. The van der Waals surface area contributed by atoms with Crippen molar-refractivity contribution >= 4 is 27.0 Å². The quantitative estimate of drug-likeness (QED) is 0.276. The summed E-state index contributed by atoms with van der Waals surface area (Å²) in [4.78, 5) is 26.1. The fraction of sp³-hybridized carbons (Fsp3) is 0.214. The largest absolute Gasteiger partial charge is 0.460 e. The third kappa shape index (κ3) is 4.57. The van der Waals surface area contributed by atoms with Crippen molar-refractivity contribution in [3.05, 3.63) is 94.3 Å². The predicted octanol–water partition coefficient (Wildman–Crippen LogP) is 5.16. The summed E-state index contributed by atoms with van der Waals surface area (Å²) in [6.45, 7) is 2.67. The molecular weight excluding hydrogens is 478 g/mol. The number of esters is 1. The van der Waals surface area contributed by atoms with Crippen LogP contribution in [0.5, 0.6) is 5.75 Å². The molecule has 8 heteroatoms. The van der Waals surface area contributed by atoms with Crippen LogP contribution in [-0.4, -0.2) is 31.8 Å². The second-order valence-electron chi connectivity index (χ2n) is 8.77. The van der Waals surface area contributed by atoms with Gasteiger partial charge in [-0.1, -0.05) is 42.8 Å². The number of aryl methyl sites for hydroxylation is 1. The molecule has 5 rings (SSSR count). The van der Waals surface area contributed by atoms with Crippen molar-refractivity contribution in [1.82, 2.24) is 4.31 Å². The van der Waals surface area contributed by atoms with Crippen LogP contribution < -0.4 is 10.2 Å². The molecular formula is C28H25NO6S. The van der Waals surface area contributed by atoms with E-state index < -0.39 is 16.0 Å². The molecule has 1 aliphatic rings. The molecule has 0 aliphatic carbocycles. The van der Waals surface area contributed by atoms with Gasteiger partial charge < -0.3 is 9.15 Å². The Hall–Kier alpha value is -3.75. The van der Waals surface area contributed by atoms with Crippen molar-refractivity contribution in [2.45, 2.75) is 31.1 Å². The molecule has 0 saturated carbocycles. The van der Waals surface area contributed by atoms with Gasteiger partial charge in [0.05, 0.1) is 21.4 Å². The average molecular weight is 504 g/mol. The summed E-state index contributed by atoms with van der Waals surface area (Å²) in [5.41, 5.74) is 1.49. The first-order chi connectivity index (χ1) is 17.3. The minimum atomic E-state index is -3.68. The summed E-state index contributed by atoms with van der Waals surface area (Å²) in [5, 5.41) is 0.369. The molecule has 0 amide bonds. The standard InChI is InChI=1S/C28H25NO6S/c1-19-26(20-9-4-2-5-10-20)27(30)24-14-13-22(18-25(24)34-19)35-28(31)21-11-8-12-23(17-21)36(32,33)29-15-6-3-7-16-29/h2,4-5,8-14,17-18H,3,6-7,15-16H2,1H3. The molecule has 4 aromatic rings. The number of sulfonamides is 1. The van der Waals surface area contributed by atoms with Crippen LogP contribution >= 0.6 is 0 Å². The van der Waals surface area contributed by atoms with E-state index in [9.17, 15) is 18.0 Å². The topological polar surface area (TPSA) is 93.9 Å². The third-order valence-corrected chi connectivity index (χ3v) is 8.23. The lowest BCUT2D eigenvalue weighted by molar-refractivity contribution is 0.0734. The van der Waals surface area contributed by atoms with Crippen LogP contribution in [0.25, 0.3) is 22.1 Å². The molecule has 36 heavy (non-hydrogen) atoms. The van der Waals surface area contributed by atoms with Gasteiger partial charge in [0.2, 0.25) is 15.5 Å². The first-order valence-electron chi connectivity index (χ1n) is 11.8. The fourth-order valence-electron chi connectivity index (χ4n) is 4.49. The van der Waals surface area contributed by atoms with Crippen LogP contribution in [0.3, 0.4) is 0 Å². The zero-order valence-corrected chi connectivity index (χ0v) is 20.6. The first-order valence-corrected chi connectivity index (χ1v) is 13.2. The molecule has 2 heterocycles. The van der Waals surface area contributed by atoms with E-state index in [0.717, 1.165) is 24.8 Å². The van der Waals surface area contributed by atoms with Crippen molar-refractivity contribution in [3.8, 4) is 16.9 Å². The SMILES string of the molecule is Cc1oc2cc(OC(=O)c3cccc(S(=O)(=O)N4CCCCC4)c3)ccc2c(=O)c1-c1ccccc1. The molecule has 0 radical (unpaired) electrons. The molecule has 0 spiro atoms. The summed E-state index contributed by atoms with van der Waals surface area (Å²) in [5.74, 6) is -0.0605. The van der Waals surface area contributed by atoms with E-state index in [0.29, 0.717) is 35.4 Å². The van der Waals surface area contributed by atoms with Crippen molar-refractivity contribution in [2.75, 3.05) is 13.1 Å². The van der Waals surface area contributed by atoms with Crippen LogP contribution in [0, 0.1) is 6.92 Å². The lowest BCUT2D eigenvalue weighted by Crippen LogP contribution is -2.35. The second kappa shape index (κ2) is 9.72. The van der Waals surface area contributed by atoms with E-state index in [4.69, 9.17) is 9.15 Å². The number of benzene rings is 3. The van der Waals surface area contributed by atoms with E-state index >= 15 is 0 Å². The number of carbonyl (C=O) groups excluding carboxylic acids is 1. The Balaban J connectivity index is 1.42. The van der Waals surface area contributed by atoms with Gasteiger partial charge in [-0.15, -0.1) is 0 Å². The molecule has 1 saturated heterocycles. The molecule has 7 nitrogen and oxygen atoms in total. The number of hydrogen-bond acceptors (Lipinski definition) is 6.